The quantitative estimate of drug-likeness (QED) is 0.800. The molecule has 6 heteroatoms. The van der Waals surface area contributed by atoms with Gasteiger partial charge < -0.3 is 19.1 Å². The van der Waals surface area contributed by atoms with Crippen molar-refractivity contribution in [3.05, 3.63) is 42.5 Å². The van der Waals surface area contributed by atoms with Crippen molar-refractivity contribution < 1.29 is 19.4 Å². The fourth-order valence-electron chi connectivity index (χ4n) is 1.59. The number of carboxylic acid groups (broad SMARTS) is 1. The van der Waals surface area contributed by atoms with Crippen LogP contribution in [-0.4, -0.2) is 41.0 Å². The minimum absolute atomic E-state index is 0.165. The summed E-state index contributed by atoms with van der Waals surface area (Å²) in [5.41, 5.74) is 0.850. The molecule has 0 bridgehead atoms. The van der Waals surface area contributed by atoms with E-state index in [1.807, 2.05) is 0 Å². The number of imidazole rings is 1. The van der Waals surface area contributed by atoms with E-state index in [0.29, 0.717) is 24.7 Å². The van der Waals surface area contributed by atoms with Crippen molar-refractivity contribution in [2.45, 2.75) is 0 Å². The van der Waals surface area contributed by atoms with Crippen molar-refractivity contribution in [2.24, 2.45) is 0 Å². The summed E-state index contributed by atoms with van der Waals surface area (Å²) in [4.78, 5) is 15.0. The van der Waals surface area contributed by atoms with Crippen LogP contribution in [0.2, 0.25) is 0 Å². The first-order valence-electron chi connectivity index (χ1n) is 5.69. The Bertz CT molecular complexity index is 552. The smallest absolute Gasteiger partial charge is 0.335 e. The molecule has 0 spiro atoms. The van der Waals surface area contributed by atoms with Crippen LogP contribution in [0, 0.1) is 0 Å². The number of aromatic nitrogens is 2. The number of hydrogen-bond donors (Lipinski definition) is 1. The molecule has 0 unspecified atom stereocenters. The Morgan fingerprint density at radius 2 is 2.21 bits per heavy atom. The maximum absolute atomic E-state index is 11.1. The Kier molecular flexibility index (Phi) is 4.15. The summed E-state index contributed by atoms with van der Waals surface area (Å²) in [6.45, 7) is 0.806. The van der Waals surface area contributed by atoms with Crippen molar-refractivity contribution in [1.29, 1.82) is 0 Å². The Hall–Kier alpha value is -2.34. The van der Waals surface area contributed by atoms with Crippen LogP contribution in [-0.2, 0) is 4.74 Å². The lowest BCUT2D eigenvalue weighted by atomic mass is 10.2. The molecule has 0 saturated carbocycles. The van der Waals surface area contributed by atoms with Crippen LogP contribution in [0.3, 0.4) is 0 Å². The monoisotopic (exact) mass is 262 g/mol. The van der Waals surface area contributed by atoms with Gasteiger partial charge in [-0.2, -0.15) is 0 Å². The van der Waals surface area contributed by atoms with E-state index in [1.165, 1.54) is 6.07 Å². The number of nitrogens with zero attached hydrogens (tertiary/aromatic N) is 2. The molecule has 19 heavy (non-hydrogen) atoms. The zero-order valence-corrected chi connectivity index (χ0v) is 10.4. The highest BCUT2D eigenvalue weighted by molar-refractivity contribution is 5.89. The summed E-state index contributed by atoms with van der Waals surface area (Å²) in [6, 6.07) is 4.80. The number of hydrogen-bond acceptors (Lipinski definition) is 4. The summed E-state index contributed by atoms with van der Waals surface area (Å²) in [7, 11) is 1.58. The van der Waals surface area contributed by atoms with Crippen LogP contribution in [0.1, 0.15) is 10.4 Å². The van der Waals surface area contributed by atoms with Gasteiger partial charge in [-0.15, -0.1) is 0 Å². The van der Waals surface area contributed by atoms with Gasteiger partial charge in [0.2, 0.25) is 0 Å². The number of carboxylic acids is 1. The lowest BCUT2D eigenvalue weighted by Crippen LogP contribution is -2.06. The van der Waals surface area contributed by atoms with Crippen LogP contribution < -0.4 is 4.74 Å². The molecule has 0 aliphatic carbocycles. The van der Waals surface area contributed by atoms with Crippen molar-refractivity contribution in [1.82, 2.24) is 9.55 Å². The fourth-order valence-corrected chi connectivity index (χ4v) is 1.59. The molecular formula is C13H14N2O4. The second-order valence-corrected chi connectivity index (χ2v) is 3.83. The molecule has 2 rings (SSSR count). The van der Waals surface area contributed by atoms with Crippen molar-refractivity contribution >= 4 is 5.97 Å². The number of ether oxygens (including phenoxy) is 2. The van der Waals surface area contributed by atoms with Crippen LogP contribution in [0.25, 0.3) is 5.69 Å². The van der Waals surface area contributed by atoms with E-state index >= 15 is 0 Å². The van der Waals surface area contributed by atoms with Gasteiger partial charge in [-0.25, -0.2) is 9.78 Å². The molecule has 2 aromatic rings. The van der Waals surface area contributed by atoms with Crippen LogP contribution >= 0.6 is 0 Å². The van der Waals surface area contributed by atoms with Gasteiger partial charge in [-0.05, 0) is 12.1 Å². The molecule has 1 N–H and O–H groups in total. The van der Waals surface area contributed by atoms with Gasteiger partial charge in [0, 0.05) is 25.6 Å². The number of rotatable bonds is 6. The zero-order chi connectivity index (χ0) is 13.7. The highest BCUT2D eigenvalue weighted by Crippen LogP contribution is 2.20. The van der Waals surface area contributed by atoms with Crippen LogP contribution in [0.4, 0.5) is 0 Å². The maximum Gasteiger partial charge on any atom is 0.335 e. The molecular weight excluding hydrogens is 248 g/mol. The molecule has 1 aromatic carbocycles. The molecule has 1 aromatic heterocycles. The van der Waals surface area contributed by atoms with Crippen LogP contribution in [0.15, 0.2) is 36.9 Å². The van der Waals surface area contributed by atoms with Gasteiger partial charge in [-0.1, -0.05) is 0 Å². The van der Waals surface area contributed by atoms with E-state index in [0.717, 1.165) is 0 Å². The molecule has 6 nitrogen and oxygen atoms in total. The SMILES string of the molecule is COCCOc1cc(C(=O)O)cc(-n2ccnc2)c1. The zero-order valence-electron chi connectivity index (χ0n) is 10.4. The van der Waals surface area contributed by atoms with Crippen molar-refractivity contribution in [2.75, 3.05) is 20.3 Å². The molecule has 0 radical (unpaired) electrons. The van der Waals surface area contributed by atoms with E-state index in [2.05, 4.69) is 4.98 Å². The number of methoxy groups -OCH3 is 1. The Labute approximate surface area is 110 Å². The van der Waals surface area contributed by atoms with Gasteiger partial charge >= 0.3 is 5.97 Å². The molecule has 0 saturated heterocycles. The Balaban J connectivity index is 2.30. The summed E-state index contributed by atoms with van der Waals surface area (Å²) < 4.78 is 12.1. The van der Waals surface area contributed by atoms with Gasteiger partial charge in [0.15, 0.2) is 0 Å². The molecule has 0 aliphatic heterocycles. The second kappa shape index (κ2) is 6.01. The largest absolute Gasteiger partial charge is 0.491 e. The number of benzene rings is 1. The lowest BCUT2D eigenvalue weighted by Gasteiger charge is -2.10. The summed E-state index contributed by atoms with van der Waals surface area (Å²) in [6.07, 6.45) is 4.96. The van der Waals surface area contributed by atoms with E-state index < -0.39 is 5.97 Å². The topological polar surface area (TPSA) is 73.6 Å². The number of aromatic carboxylic acids is 1. The van der Waals surface area contributed by atoms with E-state index in [9.17, 15) is 4.79 Å². The third kappa shape index (κ3) is 3.32. The molecule has 0 atom stereocenters. The maximum atomic E-state index is 11.1. The van der Waals surface area contributed by atoms with Crippen molar-refractivity contribution in [3.63, 3.8) is 0 Å². The average Bonchev–Trinajstić information content (AvgIpc) is 2.92. The van der Waals surface area contributed by atoms with Crippen molar-refractivity contribution in [3.8, 4) is 11.4 Å². The second-order valence-electron chi connectivity index (χ2n) is 3.83. The molecule has 0 fully saturated rings. The van der Waals surface area contributed by atoms with E-state index in [-0.39, 0.29) is 5.56 Å². The van der Waals surface area contributed by atoms with Gasteiger partial charge in [0.25, 0.3) is 0 Å². The third-order valence-corrected chi connectivity index (χ3v) is 2.50. The van der Waals surface area contributed by atoms with E-state index in [4.69, 9.17) is 14.6 Å². The highest BCUT2D eigenvalue weighted by atomic mass is 16.5. The molecule has 0 aliphatic rings. The van der Waals surface area contributed by atoms with Gasteiger partial charge in [-0.3, -0.25) is 0 Å². The predicted octanol–water partition coefficient (Wildman–Crippen LogP) is 1.60. The first-order valence-corrected chi connectivity index (χ1v) is 5.69. The molecule has 100 valence electrons. The van der Waals surface area contributed by atoms with Gasteiger partial charge in [0.1, 0.15) is 12.4 Å². The third-order valence-electron chi connectivity index (χ3n) is 2.50. The standard InChI is InChI=1S/C13H14N2O4/c1-18-4-5-19-12-7-10(13(16)17)6-11(8-12)15-3-2-14-9-15/h2-3,6-9H,4-5H2,1H3,(H,16,17). The first kappa shape index (κ1) is 13.1. The number of carbonyl (C=O) groups is 1. The normalized spacial score (nSPS) is 10.4. The van der Waals surface area contributed by atoms with E-state index in [1.54, 1.807) is 42.5 Å². The average molecular weight is 262 g/mol. The minimum Gasteiger partial charge on any atom is -0.491 e. The highest BCUT2D eigenvalue weighted by Gasteiger charge is 2.09. The fraction of sp³-hybridized carbons (Fsp3) is 0.231. The minimum atomic E-state index is -1.00. The Morgan fingerprint density at radius 1 is 1.37 bits per heavy atom. The van der Waals surface area contributed by atoms with Crippen LogP contribution in [0.5, 0.6) is 5.75 Å². The summed E-state index contributed by atoms with van der Waals surface area (Å²) in [5.74, 6) is -0.515. The molecule has 1 heterocycles. The lowest BCUT2D eigenvalue weighted by molar-refractivity contribution is 0.0696. The van der Waals surface area contributed by atoms with Gasteiger partial charge in [0.05, 0.1) is 24.2 Å². The molecule has 0 amide bonds. The predicted molar refractivity (Wildman–Crippen MR) is 67.9 cm³/mol. The Morgan fingerprint density at radius 3 is 2.84 bits per heavy atom. The summed E-state index contributed by atoms with van der Waals surface area (Å²) in [5, 5.41) is 9.10. The first-order chi connectivity index (χ1) is 9.20. The summed E-state index contributed by atoms with van der Waals surface area (Å²) >= 11 is 0.